The molecule has 0 fully saturated rings. The third kappa shape index (κ3) is 3.11. The zero-order valence-corrected chi connectivity index (χ0v) is 10.9. The van der Waals surface area contributed by atoms with Crippen LogP contribution in [-0.4, -0.2) is 5.11 Å². The monoisotopic (exact) mass is 241 g/mol. The van der Waals surface area contributed by atoms with Crippen molar-refractivity contribution in [3.05, 3.63) is 65.2 Å². The van der Waals surface area contributed by atoms with Gasteiger partial charge in [-0.3, -0.25) is 0 Å². The van der Waals surface area contributed by atoms with E-state index in [9.17, 15) is 5.11 Å². The Morgan fingerprint density at radius 1 is 1.11 bits per heavy atom. The molecular weight excluding hydrogens is 222 g/mol. The molecule has 1 atom stereocenters. The van der Waals surface area contributed by atoms with Crippen molar-refractivity contribution < 1.29 is 5.11 Å². The van der Waals surface area contributed by atoms with Crippen molar-refractivity contribution >= 4 is 0 Å². The summed E-state index contributed by atoms with van der Waals surface area (Å²) in [6, 6.07) is 16.2. The third-order valence-electron chi connectivity index (χ3n) is 3.13. The average molecular weight is 241 g/mol. The highest BCUT2D eigenvalue weighted by molar-refractivity contribution is 5.32. The van der Waals surface area contributed by atoms with E-state index in [-0.39, 0.29) is 6.04 Å². The van der Waals surface area contributed by atoms with Gasteiger partial charge in [0.2, 0.25) is 0 Å². The Balaban J connectivity index is 2.00. The van der Waals surface area contributed by atoms with Gasteiger partial charge < -0.3 is 10.4 Å². The summed E-state index contributed by atoms with van der Waals surface area (Å²) >= 11 is 0. The smallest absolute Gasteiger partial charge is 0.120 e. The van der Waals surface area contributed by atoms with E-state index in [1.165, 1.54) is 11.1 Å². The van der Waals surface area contributed by atoms with Gasteiger partial charge in [-0.2, -0.15) is 0 Å². The van der Waals surface area contributed by atoms with Crippen LogP contribution in [0.25, 0.3) is 0 Å². The second kappa shape index (κ2) is 5.69. The van der Waals surface area contributed by atoms with Crippen molar-refractivity contribution in [2.24, 2.45) is 0 Å². The van der Waals surface area contributed by atoms with Crippen LogP contribution in [0.4, 0.5) is 0 Å². The van der Waals surface area contributed by atoms with Crippen molar-refractivity contribution in [2.75, 3.05) is 0 Å². The van der Waals surface area contributed by atoms with Crippen molar-refractivity contribution in [2.45, 2.75) is 26.4 Å². The minimum atomic E-state index is 0.268. The molecule has 0 bridgehead atoms. The number of rotatable bonds is 4. The molecule has 18 heavy (non-hydrogen) atoms. The standard InChI is InChI=1S/C16H19NO/c1-12-6-5-8-14(10-12)13(2)17-11-15-7-3-4-9-16(15)18/h3-10,13,17-18H,11H2,1-2H3/t13-/m0/s1. The molecule has 0 unspecified atom stereocenters. The summed E-state index contributed by atoms with van der Waals surface area (Å²) in [6.07, 6.45) is 0. The average Bonchev–Trinajstić information content (AvgIpc) is 2.37. The molecule has 0 spiro atoms. The summed E-state index contributed by atoms with van der Waals surface area (Å²) < 4.78 is 0. The molecule has 2 aromatic rings. The van der Waals surface area contributed by atoms with Crippen LogP contribution >= 0.6 is 0 Å². The summed E-state index contributed by atoms with van der Waals surface area (Å²) in [6.45, 7) is 4.90. The molecule has 0 saturated carbocycles. The van der Waals surface area contributed by atoms with Gasteiger partial charge in [-0.25, -0.2) is 0 Å². The molecule has 2 rings (SSSR count). The van der Waals surface area contributed by atoms with E-state index in [0.717, 1.165) is 5.56 Å². The van der Waals surface area contributed by atoms with Gasteiger partial charge in [0, 0.05) is 18.2 Å². The quantitative estimate of drug-likeness (QED) is 0.858. The lowest BCUT2D eigenvalue weighted by Gasteiger charge is -2.15. The van der Waals surface area contributed by atoms with Gasteiger partial charge in [-0.1, -0.05) is 48.0 Å². The van der Waals surface area contributed by atoms with E-state index in [4.69, 9.17) is 0 Å². The lowest BCUT2D eigenvalue weighted by Crippen LogP contribution is -2.18. The van der Waals surface area contributed by atoms with Gasteiger partial charge in [0.15, 0.2) is 0 Å². The number of nitrogens with one attached hydrogen (secondary N) is 1. The van der Waals surface area contributed by atoms with Crippen LogP contribution in [0.15, 0.2) is 48.5 Å². The molecule has 2 heteroatoms. The minimum absolute atomic E-state index is 0.268. The summed E-state index contributed by atoms with van der Waals surface area (Å²) in [7, 11) is 0. The van der Waals surface area contributed by atoms with Gasteiger partial charge >= 0.3 is 0 Å². The molecule has 0 radical (unpaired) electrons. The predicted octanol–water partition coefficient (Wildman–Crippen LogP) is 3.55. The minimum Gasteiger partial charge on any atom is -0.508 e. The van der Waals surface area contributed by atoms with Crippen molar-refractivity contribution in [1.82, 2.24) is 5.32 Å². The van der Waals surface area contributed by atoms with E-state index < -0.39 is 0 Å². The Morgan fingerprint density at radius 3 is 2.61 bits per heavy atom. The van der Waals surface area contributed by atoms with Crippen molar-refractivity contribution in [3.8, 4) is 5.75 Å². The van der Waals surface area contributed by atoms with Gasteiger partial charge in [-0.15, -0.1) is 0 Å². The number of aryl methyl sites for hydroxylation is 1. The largest absolute Gasteiger partial charge is 0.508 e. The number of aromatic hydroxyl groups is 1. The van der Waals surface area contributed by atoms with Gasteiger partial charge in [-0.05, 0) is 25.5 Å². The Hall–Kier alpha value is -1.80. The summed E-state index contributed by atoms with van der Waals surface area (Å²) in [4.78, 5) is 0. The number of phenols is 1. The van der Waals surface area contributed by atoms with Crippen LogP contribution in [-0.2, 0) is 6.54 Å². The second-order valence-corrected chi connectivity index (χ2v) is 4.65. The molecule has 0 amide bonds. The highest BCUT2D eigenvalue weighted by Crippen LogP contribution is 2.18. The van der Waals surface area contributed by atoms with Crippen molar-refractivity contribution in [3.63, 3.8) is 0 Å². The highest BCUT2D eigenvalue weighted by atomic mass is 16.3. The molecule has 0 aliphatic rings. The fraction of sp³-hybridized carbons (Fsp3) is 0.250. The van der Waals surface area contributed by atoms with E-state index in [2.05, 4.69) is 43.4 Å². The summed E-state index contributed by atoms with van der Waals surface area (Å²) in [5, 5.41) is 13.1. The Bertz CT molecular complexity index is 522. The van der Waals surface area contributed by atoms with Crippen LogP contribution in [0.1, 0.15) is 29.7 Å². The predicted molar refractivity (Wildman–Crippen MR) is 74.5 cm³/mol. The van der Waals surface area contributed by atoms with Crippen LogP contribution < -0.4 is 5.32 Å². The first kappa shape index (κ1) is 12.7. The lowest BCUT2D eigenvalue weighted by molar-refractivity contribution is 0.460. The van der Waals surface area contributed by atoms with E-state index in [1.807, 2.05) is 18.2 Å². The number of para-hydroxylation sites is 1. The zero-order valence-electron chi connectivity index (χ0n) is 10.9. The first-order chi connectivity index (χ1) is 8.66. The lowest BCUT2D eigenvalue weighted by atomic mass is 10.1. The molecule has 0 aromatic heterocycles. The molecule has 2 aromatic carbocycles. The Kier molecular flexibility index (Phi) is 4.00. The van der Waals surface area contributed by atoms with Crippen LogP contribution in [0.2, 0.25) is 0 Å². The first-order valence-electron chi connectivity index (χ1n) is 6.23. The summed E-state index contributed by atoms with van der Waals surface area (Å²) in [5.41, 5.74) is 3.46. The number of phenolic OH excluding ortho intramolecular Hbond substituents is 1. The molecule has 0 saturated heterocycles. The number of benzene rings is 2. The normalized spacial score (nSPS) is 12.3. The fourth-order valence-corrected chi connectivity index (χ4v) is 1.98. The highest BCUT2D eigenvalue weighted by Gasteiger charge is 2.06. The Morgan fingerprint density at radius 2 is 1.89 bits per heavy atom. The third-order valence-corrected chi connectivity index (χ3v) is 3.13. The van der Waals surface area contributed by atoms with Crippen LogP contribution in [0.5, 0.6) is 5.75 Å². The number of hydrogen-bond acceptors (Lipinski definition) is 2. The number of hydrogen-bond donors (Lipinski definition) is 2. The molecule has 0 heterocycles. The molecule has 2 nitrogen and oxygen atoms in total. The topological polar surface area (TPSA) is 32.3 Å². The van der Waals surface area contributed by atoms with E-state index in [1.54, 1.807) is 6.07 Å². The van der Waals surface area contributed by atoms with Gasteiger partial charge in [0.25, 0.3) is 0 Å². The second-order valence-electron chi connectivity index (χ2n) is 4.65. The maximum Gasteiger partial charge on any atom is 0.120 e. The van der Waals surface area contributed by atoms with Crippen LogP contribution in [0, 0.1) is 6.92 Å². The van der Waals surface area contributed by atoms with Gasteiger partial charge in [0.05, 0.1) is 0 Å². The van der Waals surface area contributed by atoms with E-state index in [0.29, 0.717) is 12.3 Å². The maximum absolute atomic E-state index is 9.70. The fourth-order valence-electron chi connectivity index (χ4n) is 1.98. The van der Waals surface area contributed by atoms with E-state index >= 15 is 0 Å². The molecule has 0 aliphatic carbocycles. The molecule has 2 N–H and O–H groups in total. The van der Waals surface area contributed by atoms with Crippen LogP contribution in [0.3, 0.4) is 0 Å². The molecule has 94 valence electrons. The SMILES string of the molecule is Cc1cccc([C@H](C)NCc2ccccc2O)c1. The summed E-state index contributed by atoms with van der Waals surface area (Å²) in [5.74, 6) is 0.349. The zero-order chi connectivity index (χ0) is 13.0. The molecular formula is C16H19NO. The van der Waals surface area contributed by atoms with Crippen molar-refractivity contribution in [1.29, 1.82) is 0 Å². The Labute approximate surface area is 108 Å². The van der Waals surface area contributed by atoms with Gasteiger partial charge in [0.1, 0.15) is 5.75 Å². The molecule has 0 aliphatic heterocycles. The first-order valence-corrected chi connectivity index (χ1v) is 6.23. The maximum atomic E-state index is 9.70.